The van der Waals surface area contributed by atoms with Gasteiger partial charge in [-0.3, -0.25) is 0 Å². The number of methoxy groups -OCH3 is 1. The molecule has 0 aromatic heterocycles. The molecule has 0 amide bonds. The standard InChI is InChI=1S/C19H24O5Se/c1-14-7-6-10-16(23-12-11-18(20)22-2)17(24-14)13-19(21)25-15-8-4-3-5-9-15/h3-5,8-9,11-12,14,16-17H,6-7,10,13H2,1-2H3/b12-11+/t14-,16-,17+/m0/s1. The molecule has 1 fully saturated rings. The van der Waals surface area contributed by atoms with Crippen LogP contribution in [-0.4, -0.2) is 51.0 Å². The van der Waals surface area contributed by atoms with E-state index in [-0.39, 0.29) is 38.0 Å². The molecule has 1 aromatic carbocycles. The van der Waals surface area contributed by atoms with Crippen LogP contribution in [0.3, 0.4) is 0 Å². The summed E-state index contributed by atoms with van der Waals surface area (Å²) in [6, 6.07) is 9.77. The summed E-state index contributed by atoms with van der Waals surface area (Å²) in [5.74, 6) is -0.469. The number of ether oxygens (including phenoxy) is 3. The van der Waals surface area contributed by atoms with Crippen LogP contribution in [0.5, 0.6) is 0 Å². The van der Waals surface area contributed by atoms with Crippen LogP contribution in [0.4, 0.5) is 0 Å². The molecule has 5 nitrogen and oxygen atoms in total. The van der Waals surface area contributed by atoms with E-state index in [0.29, 0.717) is 6.42 Å². The van der Waals surface area contributed by atoms with Gasteiger partial charge in [0, 0.05) is 0 Å². The Balaban J connectivity index is 1.97. The van der Waals surface area contributed by atoms with Crippen molar-refractivity contribution >= 4 is 30.1 Å². The summed E-state index contributed by atoms with van der Waals surface area (Å²) >= 11 is -0.230. The molecule has 2 rings (SSSR count). The van der Waals surface area contributed by atoms with Crippen molar-refractivity contribution in [3.05, 3.63) is 42.7 Å². The van der Waals surface area contributed by atoms with E-state index in [2.05, 4.69) is 4.74 Å². The van der Waals surface area contributed by atoms with E-state index in [1.165, 1.54) is 19.4 Å². The molecule has 1 heterocycles. The Kier molecular flexibility index (Phi) is 8.19. The van der Waals surface area contributed by atoms with Crippen molar-refractivity contribution in [3.63, 3.8) is 0 Å². The van der Waals surface area contributed by atoms with Crippen molar-refractivity contribution < 1.29 is 23.8 Å². The molecule has 0 spiro atoms. The second-order valence-corrected chi connectivity index (χ2v) is 8.28. The summed E-state index contributed by atoms with van der Waals surface area (Å²) in [6.07, 6.45) is 5.18. The quantitative estimate of drug-likeness (QED) is 0.297. The van der Waals surface area contributed by atoms with Crippen LogP contribution in [0, 0.1) is 0 Å². The van der Waals surface area contributed by atoms with Gasteiger partial charge < -0.3 is 0 Å². The van der Waals surface area contributed by atoms with Gasteiger partial charge in [0.2, 0.25) is 0 Å². The Morgan fingerprint density at radius 1 is 1.28 bits per heavy atom. The molecular formula is C19H24O5Se. The third kappa shape index (κ3) is 7.02. The number of carbonyl (C=O) groups excluding carboxylic acids is 2. The molecule has 1 saturated heterocycles. The molecule has 6 heteroatoms. The van der Waals surface area contributed by atoms with Gasteiger partial charge in [0.05, 0.1) is 0 Å². The minimum atomic E-state index is -0.469. The van der Waals surface area contributed by atoms with E-state index in [1.54, 1.807) is 0 Å². The number of rotatable bonds is 7. The number of hydrogen-bond acceptors (Lipinski definition) is 5. The van der Waals surface area contributed by atoms with Crippen LogP contribution in [-0.2, 0) is 23.8 Å². The Labute approximate surface area is 154 Å². The van der Waals surface area contributed by atoms with Crippen LogP contribution >= 0.6 is 0 Å². The van der Waals surface area contributed by atoms with Crippen molar-refractivity contribution in [2.75, 3.05) is 7.11 Å². The van der Waals surface area contributed by atoms with E-state index in [9.17, 15) is 9.59 Å². The Morgan fingerprint density at radius 3 is 2.76 bits per heavy atom. The van der Waals surface area contributed by atoms with Crippen LogP contribution in [0.25, 0.3) is 0 Å². The second-order valence-electron chi connectivity index (χ2n) is 5.91. The van der Waals surface area contributed by atoms with Crippen molar-refractivity contribution in [2.24, 2.45) is 0 Å². The first-order valence-electron chi connectivity index (χ1n) is 8.39. The van der Waals surface area contributed by atoms with Crippen LogP contribution in [0.2, 0.25) is 0 Å². The molecule has 0 bridgehead atoms. The van der Waals surface area contributed by atoms with Crippen molar-refractivity contribution in [1.82, 2.24) is 0 Å². The van der Waals surface area contributed by atoms with Crippen molar-refractivity contribution in [1.29, 1.82) is 0 Å². The number of esters is 1. The van der Waals surface area contributed by atoms with Gasteiger partial charge in [-0.25, -0.2) is 0 Å². The molecule has 1 aromatic rings. The van der Waals surface area contributed by atoms with Crippen LogP contribution in [0.1, 0.15) is 32.6 Å². The monoisotopic (exact) mass is 412 g/mol. The number of hydrogen-bond donors (Lipinski definition) is 0. The maximum absolute atomic E-state index is 12.5. The average Bonchev–Trinajstić information content (AvgIpc) is 2.76. The van der Waals surface area contributed by atoms with Crippen molar-refractivity contribution in [3.8, 4) is 0 Å². The zero-order valence-electron chi connectivity index (χ0n) is 14.6. The average molecular weight is 411 g/mol. The van der Waals surface area contributed by atoms with Gasteiger partial charge in [-0.2, -0.15) is 0 Å². The van der Waals surface area contributed by atoms with E-state index in [1.807, 2.05) is 37.3 Å². The summed E-state index contributed by atoms with van der Waals surface area (Å²) in [4.78, 5) is 23.6. The normalized spacial score (nSPS) is 23.8. The van der Waals surface area contributed by atoms with Gasteiger partial charge in [-0.15, -0.1) is 0 Å². The SMILES string of the molecule is COC(=O)/C=C/O[C@H]1CCC[C@H](C)O[C@@H]1CC(=O)[Se]c1ccccc1. The van der Waals surface area contributed by atoms with Crippen molar-refractivity contribution in [2.45, 2.75) is 50.9 Å². The fourth-order valence-electron chi connectivity index (χ4n) is 2.67. The molecule has 0 aliphatic carbocycles. The summed E-state index contributed by atoms with van der Waals surface area (Å²) in [6.45, 7) is 2.02. The fourth-order valence-corrected chi connectivity index (χ4v) is 4.36. The molecule has 1 aliphatic heterocycles. The zero-order chi connectivity index (χ0) is 18.1. The van der Waals surface area contributed by atoms with Gasteiger partial charge in [0.15, 0.2) is 0 Å². The zero-order valence-corrected chi connectivity index (χ0v) is 16.3. The molecule has 0 radical (unpaired) electrons. The first-order chi connectivity index (χ1) is 12.1. The predicted octanol–water partition coefficient (Wildman–Crippen LogP) is 1.96. The van der Waals surface area contributed by atoms with Crippen LogP contribution < -0.4 is 4.46 Å². The van der Waals surface area contributed by atoms with E-state index >= 15 is 0 Å². The molecule has 0 N–H and O–H groups in total. The number of carbonyl (C=O) groups is 2. The van der Waals surface area contributed by atoms with Gasteiger partial charge in [-0.1, -0.05) is 0 Å². The predicted molar refractivity (Wildman–Crippen MR) is 95.7 cm³/mol. The molecule has 0 unspecified atom stereocenters. The summed E-state index contributed by atoms with van der Waals surface area (Å²) in [7, 11) is 1.32. The van der Waals surface area contributed by atoms with Gasteiger partial charge in [0.25, 0.3) is 0 Å². The fraction of sp³-hybridized carbons (Fsp3) is 0.474. The van der Waals surface area contributed by atoms with Gasteiger partial charge >= 0.3 is 155 Å². The summed E-state index contributed by atoms with van der Waals surface area (Å²) in [5, 5.41) is 0. The molecule has 136 valence electrons. The first-order valence-corrected chi connectivity index (χ1v) is 10.1. The van der Waals surface area contributed by atoms with E-state index in [0.717, 1.165) is 23.7 Å². The van der Waals surface area contributed by atoms with E-state index < -0.39 is 5.97 Å². The Bertz CT molecular complexity index is 587. The van der Waals surface area contributed by atoms with Gasteiger partial charge in [-0.05, 0) is 0 Å². The third-order valence-electron chi connectivity index (χ3n) is 3.92. The first kappa shape index (κ1) is 19.7. The molecule has 0 saturated carbocycles. The molecule has 25 heavy (non-hydrogen) atoms. The Hall–Kier alpha value is -1.62. The summed E-state index contributed by atoms with van der Waals surface area (Å²) in [5.41, 5.74) is 0. The van der Waals surface area contributed by atoms with E-state index in [4.69, 9.17) is 9.47 Å². The molecule has 3 atom stereocenters. The second kappa shape index (κ2) is 10.4. The summed E-state index contributed by atoms with van der Waals surface area (Å²) < 4.78 is 17.5. The van der Waals surface area contributed by atoms with Gasteiger partial charge in [0.1, 0.15) is 0 Å². The van der Waals surface area contributed by atoms with Crippen LogP contribution in [0.15, 0.2) is 42.7 Å². The number of benzene rings is 1. The third-order valence-corrected chi connectivity index (χ3v) is 5.82. The Morgan fingerprint density at radius 2 is 2.04 bits per heavy atom. The minimum absolute atomic E-state index is 0.0974. The molecule has 1 aliphatic rings. The maximum atomic E-state index is 12.5. The topological polar surface area (TPSA) is 61.8 Å². The molecular weight excluding hydrogens is 387 g/mol.